The summed E-state index contributed by atoms with van der Waals surface area (Å²) in [6, 6.07) is -2.70. The van der Waals surface area contributed by atoms with Gasteiger partial charge in [-0.1, -0.05) is 52.0 Å². The van der Waals surface area contributed by atoms with E-state index in [9.17, 15) is 67.7 Å². The molecule has 1 aliphatic heterocycles. The van der Waals surface area contributed by atoms with Crippen LogP contribution in [0.3, 0.4) is 0 Å². The molecule has 1 aliphatic rings. The van der Waals surface area contributed by atoms with Gasteiger partial charge >= 0.3 is 0 Å². The summed E-state index contributed by atoms with van der Waals surface area (Å²) >= 11 is 0. The van der Waals surface area contributed by atoms with Crippen LogP contribution in [0.2, 0.25) is 0 Å². The molecule has 1 saturated heterocycles. The summed E-state index contributed by atoms with van der Waals surface area (Å²) in [6.45, 7) is 12.3. The van der Waals surface area contributed by atoms with Crippen molar-refractivity contribution in [3.63, 3.8) is 0 Å². The van der Waals surface area contributed by atoms with Gasteiger partial charge in [0.15, 0.2) is 11.9 Å². The molecule has 0 aromatic heterocycles. The van der Waals surface area contributed by atoms with Crippen LogP contribution in [0.25, 0.3) is 0 Å². The number of benzene rings is 2. The Kier molecular flexibility index (Phi) is 33.9. The largest absolute Gasteiger partial charge is 0.508 e. The first kappa shape index (κ1) is 80.5. The highest BCUT2D eigenvalue weighted by atomic mass is 16.3. The maximum absolute atomic E-state index is 14.8. The Morgan fingerprint density at radius 1 is 0.438 bits per heavy atom. The predicted molar refractivity (Wildman–Crippen MR) is 358 cm³/mol. The normalized spacial score (nSPS) is 22.8. The average Bonchev–Trinajstić information content (AvgIpc) is 0.869. The number of likely N-dealkylation sites (N-methyl/N-ethyl adjacent to an activating group) is 2. The number of nitrogens with one attached hydrogen (secondary N) is 10. The maximum atomic E-state index is 14.8. The molecular formula is C64H102N18O14. The zero-order valence-electron chi connectivity index (χ0n) is 56.8. The van der Waals surface area contributed by atoms with Crippen molar-refractivity contribution >= 4 is 82.8 Å². The number of aliphatic imine (C=N–C) groups is 2. The van der Waals surface area contributed by atoms with Gasteiger partial charge in [-0.2, -0.15) is 0 Å². The number of guanidine groups is 2. The number of carbonyl (C=O) groups excluding carboxylic acids is 12. The first-order valence-corrected chi connectivity index (χ1v) is 32.3. The van der Waals surface area contributed by atoms with Crippen molar-refractivity contribution in [3.05, 3.63) is 59.7 Å². The number of phenolic OH excluding ortho intramolecular Hbond substituents is 2. The minimum absolute atomic E-state index is 0.00829. The molecule has 0 unspecified atom stereocenters. The molecule has 0 radical (unpaired) electrons. The third-order valence-electron chi connectivity index (χ3n) is 16.1. The van der Waals surface area contributed by atoms with Gasteiger partial charge in [-0.05, 0) is 125 Å². The molecule has 0 bridgehead atoms. The first-order chi connectivity index (χ1) is 45.2. The van der Waals surface area contributed by atoms with Crippen LogP contribution in [-0.4, -0.2) is 204 Å². The first-order valence-electron chi connectivity index (χ1n) is 32.3. The molecule has 0 spiro atoms. The summed E-state index contributed by atoms with van der Waals surface area (Å²) in [5.41, 5.74) is 23.3. The lowest BCUT2D eigenvalue weighted by Crippen LogP contribution is -2.62. The molecule has 32 heteroatoms. The number of nitrogens with zero attached hydrogens (tertiary/aromatic N) is 4. The van der Waals surface area contributed by atoms with Crippen molar-refractivity contribution < 1.29 is 67.7 Å². The predicted octanol–water partition coefficient (Wildman–Crippen LogP) is -2.50. The summed E-state index contributed by atoms with van der Waals surface area (Å²) < 4.78 is 0. The zero-order valence-corrected chi connectivity index (χ0v) is 56.8. The van der Waals surface area contributed by atoms with Crippen molar-refractivity contribution in [2.75, 3.05) is 40.3 Å². The number of hydrogen-bond acceptors (Lipinski definition) is 16. The molecule has 12 amide bonds. The van der Waals surface area contributed by atoms with E-state index in [1.165, 1.54) is 90.3 Å². The van der Waals surface area contributed by atoms with Gasteiger partial charge < -0.3 is 96.1 Å². The standard InChI is InChI=1S/C64H102N18O14/c1-35(2)51-59(93)77-49(33-41-21-25-43(85)26-22-41)57(91)73-45(19-15-31-71-63(65)66)55(89)76-48(18-12-14-30-70-40(8)84)62(96)82(10)38(6)54(88)80-52(36(3)4)60(94)78-50(34-42-23-27-44(86)28-24-42)58(92)74-46(20-16-32-72-64(67)68)56(90)75-47(17-11-13-29-69-39(7)83)61(95)81(9)37(5)53(87)79-51/h21-28,35-38,45-52,85-86H,11-20,29-34H2,1-10H3,(H,69,83)(H,70,84)(H,73,91)(H,74,92)(H,75,90)(H,76,89)(H,77,93)(H,78,94)(H,79,87)(H,80,88)(H4,65,66,71)(H4,67,68,72)/t37-,38-,45-,46-,47-,48-,49-,50-,51-,52-/m0/s1. The lowest BCUT2D eigenvalue weighted by Gasteiger charge is -2.33. The summed E-state index contributed by atoms with van der Waals surface area (Å²) in [4.78, 5) is 181. The van der Waals surface area contributed by atoms with E-state index in [0.29, 0.717) is 24.0 Å². The summed E-state index contributed by atoms with van der Waals surface area (Å²) in [5, 5.41) is 47.5. The molecule has 1 heterocycles. The molecule has 2 aromatic rings. The van der Waals surface area contributed by atoms with Crippen LogP contribution >= 0.6 is 0 Å². The average molecular weight is 1350 g/mol. The number of hydrogen-bond donors (Lipinski definition) is 16. The van der Waals surface area contributed by atoms with E-state index < -0.39 is 131 Å². The summed E-state index contributed by atoms with van der Waals surface area (Å²) in [6.07, 6.45) is 0.514. The quantitative estimate of drug-likeness (QED) is 0.0293. The molecule has 2 aromatic carbocycles. The highest BCUT2D eigenvalue weighted by molar-refractivity contribution is 6.00. The monoisotopic (exact) mass is 1350 g/mol. The van der Waals surface area contributed by atoms with Crippen LogP contribution in [0.15, 0.2) is 58.5 Å². The van der Waals surface area contributed by atoms with Crippen molar-refractivity contribution in [1.82, 2.24) is 63.0 Å². The van der Waals surface area contributed by atoms with Crippen LogP contribution in [0, 0.1) is 11.8 Å². The number of carbonyl (C=O) groups is 12. The Bertz CT molecular complexity index is 2830. The van der Waals surface area contributed by atoms with Crippen LogP contribution < -0.4 is 76.1 Å². The van der Waals surface area contributed by atoms with Crippen LogP contribution in [0.5, 0.6) is 11.5 Å². The third-order valence-corrected chi connectivity index (χ3v) is 16.1. The van der Waals surface area contributed by atoms with E-state index >= 15 is 0 Å². The fourth-order valence-electron chi connectivity index (χ4n) is 10.1. The number of rotatable bonds is 24. The molecular weight excluding hydrogens is 1240 g/mol. The number of aromatic hydroxyl groups is 2. The van der Waals surface area contributed by atoms with Crippen molar-refractivity contribution in [3.8, 4) is 11.5 Å². The number of unbranched alkanes of at least 4 members (excludes halogenated alkanes) is 2. The highest BCUT2D eigenvalue weighted by Gasteiger charge is 2.39. The molecule has 532 valence electrons. The minimum atomic E-state index is -1.50. The minimum Gasteiger partial charge on any atom is -0.508 e. The van der Waals surface area contributed by atoms with Crippen LogP contribution in [0.1, 0.15) is 131 Å². The lowest BCUT2D eigenvalue weighted by molar-refractivity contribution is -0.143. The van der Waals surface area contributed by atoms with E-state index in [1.807, 2.05) is 0 Å². The fraction of sp³-hybridized carbons (Fsp3) is 0.594. The Balaban J connectivity index is 2.34. The Morgan fingerprint density at radius 2 is 0.729 bits per heavy atom. The summed E-state index contributed by atoms with van der Waals surface area (Å²) in [5.74, 6) is -11.2. The van der Waals surface area contributed by atoms with E-state index in [4.69, 9.17) is 22.9 Å². The van der Waals surface area contributed by atoms with Crippen molar-refractivity contribution in [1.29, 1.82) is 0 Å². The van der Waals surface area contributed by atoms with Gasteiger partial charge in [0.1, 0.15) is 71.9 Å². The number of amides is 12. The molecule has 3 rings (SSSR count). The lowest BCUT2D eigenvalue weighted by atomic mass is 9.99. The second-order valence-electron chi connectivity index (χ2n) is 24.7. The Morgan fingerprint density at radius 3 is 1.03 bits per heavy atom. The molecule has 20 N–H and O–H groups in total. The Labute approximate surface area is 560 Å². The van der Waals surface area contributed by atoms with E-state index in [-0.39, 0.29) is 126 Å². The van der Waals surface area contributed by atoms with Crippen molar-refractivity contribution in [2.45, 2.75) is 193 Å². The van der Waals surface area contributed by atoms with Gasteiger partial charge in [0, 0.05) is 67.0 Å². The van der Waals surface area contributed by atoms with E-state index in [0.717, 1.165) is 9.80 Å². The van der Waals surface area contributed by atoms with Crippen molar-refractivity contribution in [2.24, 2.45) is 44.8 Å². The third kappa shape index (κ3) is 28.0. The van der Waals surface area contributed by atoms with E-state index in [2.05, 4.69) is 63.2 Å². The number of nitrogens with two attached hydrogens (primary N) is 4. The van der Waals surface area contributed by atoms with Gasteiger partial charge in [-0.25, -0.2) is 0 Å². The maximum Gasteiger partial charge on any atom is 0.245 e. The molecule has 96 heavy (non-hydrogen) atoms. The van der Waals surface area contributed by atoms with E-state index in [1.54, 1.807) is 27.7 Å². The second-order valence-corrected chi connectivity index (χ2v) is 24.7. The molecule has 1 fully saturated rings. The zero-order chi connectivity index (χ0) is 71.9. The molecule has 10 atom stereocenters. The molecule has 0 saturated carbocycles. The fourth-order valence-corrected chi connectivity index (χ4v) is 10.1. The van der Waals surface area contributed by atoms with Crippen LogP contribution in [-0.2, 0) is 70.4 Å². The van der Waals surface area contributed by atoms with Gasteiger partial charge in [0.05, 0.1) is 0 Å². The topological polar surface area (TPSA) is 501 Å². The smallest absolute Gasteiger partial charge is 0.245 e. The van der Waals surface area contributed by atoms with Crippen LogP contribution in [0.4, 0.5) is 0 Å². The van der Waals surface area contributed by atoms with Gasteiger partial charge in [0.2, 0.25) is 70.9 Å². The van der Waals surface area contributed by atoms with Gasteiger partial charge in [-0.3, -0.25) is 67.5 Å². The molecule has 32 nitrogen and oxygen atoms in total. The second kappa shape index (κ2) is 40.5. The Hall–Kier alpha value is -9.78. The van der Waals surface area contributed by atoms with Gasteiger partial charge in [0.25, 0.3) is 0 Å². The van der Waals surface area contributed by atoms with Gasteiger partial charge in [-0.15, -0.1) is 0 Å². The number of phenols is 2. The summed E-state index contributed by atoms with van der Waals surface area (Å²) in [7, 11) is 2.61. The molecule has 0 aliphatic carbocycles. The highest BCUT2D eigenvalue weighted by Crippen LogP contribution is 2.18. The SMILES string of the molecule is CC(=O)NCCCC[C@@H]1NC(=O)[C@H](CCCN=C(N)N)NC(=O)[C@H](Cc2ccc(O)cc2)NC(=O)[C@H](C(C)C)NC(=O)[C@H](C)N(C)C(=O)[C@H](CCCCNC(C)=O)NC(=O)[C@H](CCCN=C(N)N)NC(=O)[C@H](Cc2ccc(O)cc2)NC(=O)[C@H](C(C)C)NC(=O)[C@H](C)N(C)C1=O.